The summed E-state index contributed by atoms with van der Waals surface area (Å²) in [6.45, 7) is 2.37. The Morgan fingerprint density at radius 3 is 2.94 bits per heavy atom. The lowest BCUT2D eigenvalue weighted by Gasteiger charge is -2.05. The van der Waals surface area contributed by atoms with E-state index in [4.69, 9.17) is 0 Å². The minimum Gasteiger partial charge on any atom is -0.352 e. The quantitative estimate of drug-likeness (QED) is 0.892. The number of hydrogen-bond acceptors (Lipinski definition) is 3. The molecule has 0 radical (unpaired) electrons. The molecule has 0 aliphatic rings. The number of nitrogens with zero attached hydrogens (tertiary/aromatic N) is 2. The van der Waals surface area contributed by atoms with Crippen molar-refractivity contribution in [3.63, 3.8) is 0 Å². The van der Waals surface area contributed by atoms with Crippen LogP contribution in [0, 0.1) is 0 Å². The van der Waals surface area contributed by atoms with Gasteiger partial charge in [0.15, 0.2) is 0 Å². The van der Waals surface area contributed by atoms with Crippen LogP contribution in [-0.4, -0.2) is 15.9 Å². The minimum absolute atomic E-state index is 0.0507. The minimum atomic E-state index is 0.0507. The molecule has 0 saturated carbocycles. The summed E-state index contributed by atoms with van der Waals surface area (Å²) in [6.07, 6.45) is 5.75. The average Bonchev–Trinajstić information content (AvgIpc) is 2.46. The maximum absolute atomic E-state index is 11.2. The number of aromatic nitrogens is 2. The van der Waals surface area contributed by atoms with Crippen molar-refractivity contribution in [2.75, 3.05) is 0 Å². The largest absolute Gasteiger partial charge is 0.352 e. The second-order valence-corrected chi connectivity index (χ2v) is 3.92. The van der Waals surface area contributed by atoms with Crippen LogP contribution in [0.3, 0.4) is 0 Å². The molecular formula is C14H15N3O. The molecular weight excluding hydrogens is 226 g/mol. The second-order valence-electron chi connectivity index (χ2n) is 3.92. The third kappa shape index (κ3) is 3.13. The van der Waals surface area contributed by atoms with E-state index in [-0.39, 0.29) is 5.91 Å². The van der Waals surface area contributed by atoms with Gasteiger partial charge in [0, 0.05) is 37.1 Å². The molecule has 0 aliphatic heterocycles. The monoisotopic (exact) mass is 241 g/mol. The predicted molar refractivity (Wildman–Crippen MR) is 69.6 cm³/mol. The Hall–Kier alpha value is -2.23. The molecule has 0 spiro atoms. The van der Waals surface area contributed by atoms with Gasteiger partial charge in [0.25, 0.3) is 0 Å². The first kappa shape index (κ1) is 12.2. The number of rotatable bonds is 4. The molecule has 0 unspecified atom stereocenters. The van der Waals surface area contributed by atoms with Crippen molar-refractivity contribution in [1.29, 1.82) is 0 Å². The molecule has 0 fully saturated rings. The molecule has 0 aromatic carbocycles. The maximum Gasteiger partial charge on any atom is 0.219 e. The molecule has 0 atom stereocenters. The van der Waals surface area contributed by atoms with Crippen LogP contribution < -0.4 is 5.32 Å². The van der Waals surface area contributed by atoms with Gasteiger partial charge < -0.3 is 5.32 Å². The van der Waals surface area contributed by atoms with Gasteiger partial charge in [-0.15, -0.1) is 0 Å². The summed E-state index contributed by atoms with van der Waals surface area (Å²) >= 11 is 0. The van der Waals surface area contributed by atoms with Gasteiger partial charge >= 0.3 is 0 Å². The molecule has 2 aromatic rings. The molecule has 1 N–H and O–H groups in total. The summed E-state index contributed by atoms with van der Waals surface area (Å²) < 4.78 is 0. The van der Waals surface area contributed by atoms with Gasteiger partial charge in [-0.05, 0) is 29.8 Å². The summed E-state index contributed by atoms with van der Waals surface area (Å²) in [7, 11) is 0. The standard InChI is InChI=1S/C14H15N3O/c1-2-14(18)17-9-11-5-7-16-13(8-11)12-4-3-6-15-10-12/h3-8,10H,2,9H2,1H3,(H,17,18). The number of nitrogens with one attached hydrogen (secondary N) is 1. The molecule has 18 heavy (non-hydrogen) atoms. The third-order valence-corrected chi connectivity index (χ3v) is 2.59. The van der Waals surface area contributed by atoms with Gasteiger partial charge in [0.1, 0.15) is 0 Å². The smallest absolute Gasteiger partial charge is 0.219 e. The first-order valence-corrected chi connectivity index (χ1v) is 5.91. The van der Waals surface area contributed by atoms with Crippen LogP contribution in [0.4, 0.5) is 0 Å². The summed E-state index contributed by atoms with van der Waals surface area (Å²) in [4.78, 5) is 19.6. The lowest BCUT2D eigenvalue weighted by Crippen LogP contribution is -2.21. The molecule has 1 amide bonds. The van der Waals surface area contributed by atoms with E-state index in [0.29, 0.717) is 13.0 Å². The zero-order valence-electron chi connectivity index (χ0n) is 10.3. The van der Waals surface area contributed by atoms with E-state index >= 15 is 0 Å². The average molecular weight is 241 g/mol. The molecule has 0 saturated heterocycles. The Labute approximate surface area is 106 Å². The Morgan fingerprint density at radius 1 is 1.33 bits per heavy atom. The van der Waals surface area contributed by atoms with Crippen molar-refractivity contribution in [2.24, 2.45) is 0 Å². The highest BCUT2D eigenvalue weighted by Crippen LogP contribution is 2.16. The number of amides is 1. The van der Waals surface area contributed by atoms with Gasteiger partial charge in [0.2, 0.25) is 5.91 Å². The predicted octanol–water partition coefficient (Wildman–Crippen LogP) is 2.17. The van der Waals surface area contributed by atoms with E-state index in [2.05, 4.69) is 15.3 Å². The van der Waals surface area contributed by atoms with Crippen LogP contribution in [0.25, 0.3) is 11.3 Å². The highest BCUT2D eigenvalue weighted by Gasteiger charge is 2.02. The van der Waals surface area contributed by atoms with Crippen LogP contribution in [-0.2, 0) is 11.3 Å². The Kier molecular flexibility index (Phi) is 4.02. The van der Waals surface area contributed by atoms with E-state index in [1.165, 1.54) is 0 Å². The van der Waals surface area contributed by atoms with Gasteiger partial charge in [-0.2, -0.15) is 0 Å². The molecule has 2 rings (SSSR count). The van der Waals surface area contributed by atoms with Crippen LogP contribution in [0.15, 0.2) is 42.9 Å². The Morgan fingerprint density at radius 2 is 2.22 bits per heavy atom. The first-order chi connectivity index (χ1) is 8.79. The zero-order chi connectivity index (χ0) is 12.8. The van der Waals surface area contributed by atoms with Crippen molar-refractivity contribution in [3.8, 4) is 11.3 Å². The van der Waals surface area contributed by atoms with Crippen molar-refractivity contribution in [1.82, 2.24) is 15.3 Å². The number of pyridine rings is 2. The maximum atomic E-state index is 11.2. The first-order valence-electron chi connectivity index (χ1n) is 5.91. The fourth-order valence-corrected chi connectivity index (χ4v) is 1.58. The summed E-state index contributed by atoms with van der Waals surface area (Å²) in [5, 5.41) is 2.84. The highest BCUT2D eigenvalue weighted by molar-refractivity contribution is 5.75. The van der Waals surface area contributed by atoms with Gasteiger partial charge in [-0.1, -0.05) is 6.92 Å². The van der Waals surface area contributed by atoms with Crippen LogP contribution in [0.1, 0.15) is 18.9 Å². The summed E-state index contributed by atoms with van der Waals surface area (Å²) in [5.41, 5.74) is 2.87. The molecule has 92 valence electrons. The number of carbonyl (C=O) groups excluding carboxylic acids is 1. The van der Waals surface area contributed by atoms with E-state index in [0.717, 1.165) is 16.8 Å². The Bertz CT molecular complexity index is 526. The van der Waals surface area contributed by atoms with Crippen molar-refractivity contribution >= 4 is 5.91 Å². The van der Waals surface area contributed by atoms with Crippen LogP contribution in [0.5, 0.6) is 0 Å². The summed E-state index contributed by atoms with van der Waals surface area (Å²) in [6, 6.07) is 7.70. The van der Waals surface area contributed by atoms with Crippen molar-refractivity contribution in [3.05, 3.63) is 48.4 Å². The van der Waals surface area contributed by atoms with Gasteiger partial charge in [0.05, 0.1) is 5.69 Å². The van der Waals surface area contributed by atoms with E-state index in [1.807, 2.05) is 31.2 Å². The van der Waals surface area contributed by atoms with E-state index in [9.17, 15) is 4.79 Å². The lowest BCUT2D eigenvalue weighted by molar-refractivity contribution is -0.120. The highest BCUT2D eigenvalue weighted by atomic mass is 16.1. The van der Waals surface area contributed by atoms with Crippen LogP contribution >= 0.6 is 0 Å². The number of carbonyl (C=O) groups is 1. The molecule has 2 heterocycles. The fraction of sp³-hybridized carbons (Fsp3) is 0.214. The molecule has 0 aliphatic carbocycles. The van der Waals surface area contributed by atoms with Crippen molar-refractivity contribution in [2.45, 2.75) is 19.9 Å². The fourth-order valence-electron chi connectivity index (χ4n) is 1.58. The van der Waals surface area contributed by atoms with Crippen molar-refractivity contribution < 1.29 is 4.79 Å². The summed E-state index contributed by atoms with van der Waals surface area (Å²) in [5.74, 6) is 0.0507. The van der Waals surface area contributed by atoms with Gasteiger partial charge in [-0.25, -0.2) is 0 Å². The third-order valence-electron chi connectivity index (χ3n) is 2.59. The molecule has 4 heteroatoms. The molecule has 0 bridgehead atoms. The van der Waals surface area contributed by atoms with E-state index < -0.39 is 0 Å². The van der Waals surface area contributed by atoms with Gasteiger partial charge in [-0.3, -0.25) is 14.8 Å². The number of hydrogen-bond donors (Lipinski definition) is 1. The normalized spacial score (nSPS) is 10.1. The second kappa shape index (κ2) is 5.91. The Balaban J connectivity index is 2.13. The van der Waals surface area contributed by atoms with Crippen LogP contribution in [0.2, 0.25) is 0 Å². The zero-order valence-corrected chi connectivity index (χ0v) is 10.3. The molecule has 2 aromatic heterocycles. The SMILES string of the molecule is CCC(=O)NCc1ccnc(-c2cccnc2)c1. The topological polar surface area (TPSA) is 54.9 Å². The lowest BCUT2D eigenvalue weighted by atomic mass is 10.1. The van der Waals surface area contributed by atoms with E-state index in [1.54, 1.807) is 18.6 Å². The molecule has 4 nitrogen and oxygen atoms in total.